The molecule has 1 saturated heterocycles. The second-order valence-electron chi connectivity index (χ2n) is 4.21. The number of rotatable bonds is 1. The Balaban J connectivity index is 2.12. The minimum absolute atomic E-state index is 0.480. The van der Waals surface area contributed by atoms with Crippen LogP contribution in [0.2, 0.25) is 5.15 Å². The van der Waals surface area contributed by atoms with Crippen molar-refractivity contribution < 1.29 is 0 Å². The first kappa shape index (κ1) is 10.8. The Labute approximate surface area is 105 Å². The normalized spacial score (nSPS) is 16.4. The standard InChI is InChI=1S/C13H13ClN3/c14-12-10-6-2-3-7-11(10)13(16-15-12)17-8-4-1-5-9-17/h1-3,6-7H,4-5,8-9H2. The van der Waals surface area contributed by atoms with Gasteiger partial charge in [-0.25, -0.2) is 0 Å². The van der Waals surface area contributed by atoms with Crippen LogP contribution in [-0.4, -0.2) is 23.3 Å². The van der Waals surface area contributed by atoms with Crippen LogP contribution in [0.1, 0.15) is 12.8 Å². The first-order chi connectivity index (χ1) is 8.36. The largest absolute Gasteiger partial charge is 0.355 e. The number of halogens is 1. The maximum atomic E-state index is 6.07. The summed E-state index contributed by atoms with van der Waals surface area (Å²) in [4.78, 5) is 2.28. The van der Waals surface area contributed by atoms with E-state index in [1.165, 1.54) is 0 Å². The molecular formula is C13H13ClN3. The van der Waals surface area contributed by atoms with Gasteiger partial charge in [-0.3, -0.25) is 0 Å². The number of piperidine rings is 1. The molecule has 2 aromatic rings. The van der Waals surface area contributed by atoms with E-state index < -0.39 is 0 Å². The number of aromatic nitrogens is 2. The quantitative estimate of drug-likeness (QED) is 0.774. The number of hydrogen-bond donors (Lipinski definition) is 0. The number of fused-ring (bicyclic) bond motifs is 1. The smallest absolute Gasteiger partial charge is 0.159 e. The molecule has 0 saturated carbocycles. The highest BCUT2D eigenvalue weighted by molar-refractivity contribution is 6.34. The van der Waals surface area contributed by atoms with Gasteiger partial charge in [-0.1, -0.05) is 35.9 Å². The molecule has 0 bridgehead atoms. The molecule has 0 spiro atoms. The topological polar surface area (TPSA) is 29.0 Å². The summed E-state index contributed by atoms with van der Waals surface area (Å²) in [6, 6.07) is 8.04. The zero-order valence-corrected chi connectivity index (χ0v) is 10.2. The van der Waals surface area contributed by atoms with Gasteiger partial charge in [0.2, 0.25) is 0 Å². The molecule has 3 nitrogen and oxygen atoms in total. The van der Waals surface area contributed by atoms with Gasteiger partial charge in [0.15, 0.2) is 11.0 Å². The molecule has 1 radical (unpaired) electrons. The summed E-state index contributed by atoms with van der Waals surface area (Å²) >= 11 is 6.07. The van der Waals surface area contributed by atoms with Crippen molar-refractivity contribution in [3.8, 4) is 0 Å². The van der Waals surface area contributed by atoms with E-state index >= 15 is 0 Å². The Bertz CT molecular complexity index is 535. The number of anilines is 1. The van der Waals surface area contributed by atoms with Crippen LogP contribution in [0.3, 0.4) is 0 Å². The molecule has 0 N–H and O–H groups in total. The lowest BCUT2D eigenvalue weighted by Gasteiger charge is -2.28. The molecule has 4 heteroatoms. The van der Waals surface area contributed by atoms with Crippen molar-refractivity contribution in [2.24, 2.45) is 0 Å². The van der Waals surface area contributed by atoms with Crippen LogP contribution in [0.15, 0.2) is 24.3 Å². The van der Waals surface area contributed by atoms with Gasteiger partial charge in [0.1, 0.15) is 0 Å². The summed E-state index contributed by atoms with van der Waals surface area (Å²) in [5.41, 5.74) is 0. The lowest BCUT2D eigenvalue weighted by Crippen LogP contribution is -2.30. The van der Waals surface area contributed by atoms with Gasteiger partial charge in [-0.15, -0.1) is 10.2 Å². The maximum absolute atomic E-state index is 6.07. The van der Waals surface area contributed by atoms with Crippen LogP contribution >= 0.6 is 11.6 Å². The number of hydrogen-bond acceptors (Lipinski definition) is 3. The first-order valence-corrected chi connectivity index (χ1v) is 6.21. The van der Waals surface area contributed by atoms with Gasteiger partial charge in [0.25, 0.3) is 0 Å². The molecule has 1 aliphatic heterocycles. The summed E-state index contributed by atoms with van der Waals surface area (Å²) < 4.78 is 0. The van der Waals surface area contributed by atoms with Crippen LogP contribution in [0.4, 0.5) is 5.82 Å². The molecule has 1 aliphatic rings. The van der Waals surface area contributed by atoms with E-state index in [1.807, 2.05) is 18.2 Å². The summed E-state index contributed by atoms with van der Waals surface area (Å²) in [5.74, 6) is 0.957. The van der Waals surface area contributed by atoms with Crippen LogP contribution in [-0.2, 0) is 0 Å². The van der Waals surface area contributed by atoms with E-state index in [1.54, 1.807) is 0 Å². The van der Waals surface area contributed by atoms with Crippen LogP contribution in [0.5, 0.6) is 0 Å². The number of nitrogens with zero attached hydrogens (tertiary/aromatic N) is 3. The van der Waals surface area contributed by atoms with Crippen molar-refractivity contribution in [2.75, 3.05) is 18.0 Å². The second-order valence-corrected chi connectivity index (χ2v) is 4.57. The molecular weight excluding hydrogens is 234 g/mol. The minimum atomic E-state index is 0.480. The Kier molecular flexibility index (Phi) is 2.85. The fraction of sp³-hybridized carbons (Fsp3) is 0.308. The third-order valence-electron chi connectivity index (χ3n) is 3.13. The fourth-order valence-corrected chi connectivity index (χ4v) is 2.46. The third-order valence-corrected chi connectivity index (χ3v) is 3.41. The van der Waals surface area contributed by atoms with Crippen molar-refractivity contribution in [1.82, 2.24) is 10.2 Å². The molecule has 1 aromatic heterocycles. The lowest BCUT2D eigenvalue weighted by atomic mass is 10.1. The Morgan fingerprint density at radius 3 is 2.47 bits per heavy atom. The van der Waals surface area contributed by atoms with Crippen LogP contribution in [0, 0.1) is 6.42 Å². The van der Waals surface area contributed by atoms with Gasteiger partial charge >= 0.3 is 0 Å². The molecule has 0 unspecified atom stereocenters. The Hall–Kier alpha value is -1.35. The van der Waals surface area contributed by atoms with E-state index in [2.05, 4.69) is 27.6 Å². The predicted octanol–water partition coefficient (Wildman–Crippen LogP) is 3.09. The van der Waals surface area contributed by atoms with Gasteiger partial charge in [-0.2, -0.15) is 0 Å². The fourth-order valence-electron chi connectivity index (χ4n) is 2.25. The minimum Gasteiger partial charge on any atom is -0.355 e. The van der Waals surface area contributed by atoms with Crippen molar-refractivity contribution in [2.45, 2.75) is 12.8 Å². The van der Waals surface area contributed by atoms with Gasteiger partial charge in [0.05, 0.1) is 0 Å². The van der Waals surface area contributed by atoms with Crippen molar-refractivity contribution in [1.29, 1.82) is 0 Å². The van der Waals surface area contributed by atoms with Crippen molar-refractivity contribution in [3.63, 3.8) is 0 Å². The average molecular weight is 247 g/mol. The summed E-state index contributed by atoms with van der Waals surface area (Å²) in [6.07, 6.45) is 4.54. The number of benzene rings is 1. The molecule has 1 fully saturated rings. The zero-order valence-electron chi connectivity index (χ0n) is 9.43. The summed E-state index contributed by atoms with van der Waals surface area (Å²) in [5, 5.41) is 10.9. The average Bonchev–Trinajstić information content (AvgIpc) is 2.41. The van der Waals surface area contributed by atoms with E-state index in [0.717, 1.165) is 42.5 Å². The highest BCUT2D eigenvalue weighted by Gasteiger charge is 2.16. The van der Waals surface area contributed by atoms with Crippen molar-refractivity contribution in [3.05, 3.63) is 35.8 Å². The predicted molar refractivity (Wildman–Crippen MR) is 70.3 cm³/mol. The van der Waals surface area contributed by atoms with E-state index in [-0.39, 0.29) is 0 Å². The highest BCUT2D eigenvalue weighted by Crippen LogP contribution is 2.29. The van der Waals surface area contributed by atoms with Crippen LogP contribution in [0.25, 0.3) is 10.8 Å². The van der Waals surface area contributed by atoms with Crippen LogP contribution < -0.4 is 4.90 Å². The van der Waals surface area contributed by atoms with E-state index in [9.17, 15) is 0 Å². The maximum Gasteiger partial charge on any atom is 0.159 e. The molecule has 0 amide bonds. The lowest BCUT2D eigenvalue weighted by molar-refractivity contribution is 0.669. The summed E-state index contributed by atoms with van der Waals surface area (Å²) in [7, 11) is 0. The highest BCUT2D eigenvalue weighted by atomic mass is 35.5. The molecule has 87 valence electrons. The molecule has 1 aromatic carbocycles. The Morgan fingerprint density at radius 1 is 1.00 bits per heavy atom. The van der Waals surface area contributed by atoms with Gasteiger partial charge in [-0.05, 0) is 19.3 Å². The van der Waals surface area contributed by atoms with Crippen molar-refractivity contribution >= 4 is 28.2 Å². The second kappa shape index (κ2) is 4.49. The van der Waals surface area contributed by atoms with E-state index in [4.69, 9.17) is 11.6 Å². The SMILES string of the molecule is Clc1nnc(N2CC[CH]CC2)c2ccccc12. The molecule has 17 heavy (non-hydrogen) atoms. The third kappa shape index (κ3) is 1.95. The summed E-state index contributed by atoms with van der Waals surface area (Å²) in [6.45, 7) is 2.03. The molecule has 2 heterocycles. The molecule has 0 atom stereocenters. The monoisotopic (exact) mass is 246 g/mol. The zero-order chi connectivity index (χ0) is 11.7. The molecule has 3 rings (SSSR count). The van der Waals surface area contributed by atoms with Gasteiger partial charge in [0, 0.05) is 23.9 Å². The molecule has 0 aliphatic carbocycles. The Morgan fingerprint density at radius 2 is 1.71 bits per heavy atom. The first-order valence-electron chi connectivity index (χ1n) is 5.84. The van der Waals surface area contributed by atoms with E-state index in [0.29, 0.717) is 5.15 Å². The van der Waals surface area contributed by atoms with Gasteiger partial charge < -0.3 is 4.90 Å².